The van der Waals surface area contributed by atoms with Crippen molar-refractivity contribution in [1.82, 2.24) is 10.2 Å². The van der Waals surface area contributed by atoms with Crippen molar-refractivity contribution in [1.29, 1.82) is 0 Å². The van der Waals surface area contributed by atoms with Gasteiger partial charge in [-0.2, -0.15) is 0 Å². The van der Waals surface area contributed by atoms with Crippen LogP contribution in [0.15, 0.2) is 30.3 Å². The molecule has 1 heterocycles. The summed E-state index contributed by atoms with van der Waals surface area (Å²) in [5.41, 5.74) is 0.436. The number of rotatable bonds is 5. The molecule has 27 heavy (non-hydrogen) atoms. The number of nitrogens with zero attached hydrogens (tertiary/aromatic N) is 1. The van der Waals surface area contributed by atoms with Gasteiger partial charge in [0, 0.05) is 12.0 Å². The predicted octanol–water partition coefficient (Wildman–Crippen LogP) is 2.39. The molecule has 2 N–H and O–H groups in total. The third kappa shape index (κ3) is 4.46. The van der Waals surface area contributed by atoms with Gasteiger partial charge in [-0.25, -0.2) is 9.18 Å². The van der Waals surface area contributed by atoms with Gasteiger partial charge in [0.05, 0.1) is 6.54 Å². The highest BCUT2D eigenvalue weighted by atomic mass is 19.1. The Kier molecular flexibility index (Phi) is 6.08. The largest absolute Gasteiger partial charge is 0.480 e. The first-order chi connectivity index (χ1) is 13.0. The number of benzene rings is 1. The molecule has 2 amide bonds. The molecule has 0 spiro atoms. The monoisotopic (exact) mass is 376 g/mol. The van der Waals surface area contributed by atoms with E-state index in [1.807, 2.05) is 0 Å². The van der Waals surface area contributed by atoms with E-state index < -0.39 is 30.1 Å². The topological polar surface area (TPSA) is 86.7 Å². The summed E-state index contributed by atoms with van der Waals surface area (Å²) >= 11 is 0. The van der Waals surface area contributed by atoms with Gasteiger partial charge in [0.25, 0.3) is 5.91 Å². The molecule has 0 radical (unpaired) electrons. The predicted molar refractivity (Wildman–Crippen MR) is 96.9 cm³/mol. The van der Waals surface area contributed by atoms with Gasteiger partial charge in [-0.05, 0) is 30.9 Å². The third-order valence-corrected chi connectivity index (χ3v) is 5.53. The van der Waals surface area contributed by atoms with Gasteiger partial charge < -0.3 is 15.3 Å². The number of hydrogen-bond acceptors (Lipinski definition) is 3. The van der Waals surface area contributed by atoms with Crippen LogP contribution in [-0.2, 0) is 9.59 Å². The molecule has 1 saturated carbocycles. The molecule has 3 rings (SSSR count). The highest BCUT2D eigenvalue weighted by Crippen LogP contribution is 2.30. The molecular weight excluding hydrogens is 351 g/mol. The first kappa shape index (κ1) is 19.3. The van der Waals surface area contributed by atoms with Crippen LogP contribution in [0.4, 0.5) is 4.39 Å². The van der Waals surface area contributed by atoms with E-state index in [9.17, 15) is 23.9 Å². The molecule has 6 nitrogen and oxygen atoms in total. The van der Waals surface area contributed by atoms with Crippen LogP contribution >= 0.6 is 0 Å². The first-order valence-electron chi connectivity index (χ1n) is 9.50. The summed E-state index contributed by atoms with van der Waals surface area (Å²) in [6.07, 6.45) is 3.02. The standard InChI is InChI=1S/C20H25FN2O4/c21-15-11-16(20(26)27)23(12-15)19(25)17(13-7-3-1-4-8-13)22-18(24)14-9-5-2-6-10-14/h2,5-6,9-10,13,15-17H,1,3-4,7-8,11-12H2,(H,22,24)(H,26,27)/t15?,16?,17-/m0/s1. The molecule has 1 aromatic carbocycles. The number of aliphatic carboxylic acids is 1. The number of alkyl halides is 1. The summed E-state index contributed by atoms with van der Waals surface area (Å²) < 4.78 is 13.8. The Labute approximate surface area is 157 Å². The van der Waals surface area contributed by atoms with Gasteiger partial charge in [0.2, 0.25) is 5.91 Å². The minimum atomic E-state index is -1.35. The van der Waals surface area contributed by atoms with Gasteiger partial charge in [0.15, 0.2) is 0 Å². The highest BCUT2D eigenvalue weighted by molar-refractivity contribution is 5.98. The lowest BCUT2D eigenvalue weighted by atomic mass is 9.83. The molecule has 146 valence electrons. The fraction of sp³-hybridized carbons (Fsp3) is 0.550. The van der Waals surface area contributed by atoms with E-state index in [0.717, 1.165) is 37.0 Å². The van der Waals surface area contributed by atoms with Crippen molar-refractivity contribution in [3.63, 3.8) is 0 Å². The second-order valence-corrected chi connectivity index (χ2v) is 7.39. The van der Waals surface area contributed by atoms with Crippen LogP contribution in [0.5, 0.6) is 0 Å². The van der Waals surface area contributed by atoms with Crippen molar-refractivity contribution < 1.29 is 23.9 Å². The van der Waals surface area contributed by atoms with Crippen LogP contribution in [0.3, 0.4) is 0 Å². The van der Waals surface area contributed by atoms with Gasteiger partial charge in [-0.3, -0.25) is 9.59 Å². The van der Waals surface area contributed by atoms with Crippen LogP contribution in [0.1, 0.15) is 48.9 Å². The summed E-state index contributed by atoms with van der Waals surface area (Å²) in [4.78, 5) is 38.3. The molecule has 1 saturated heterocycles. The Hall–Kier alpha value is -2.44. The molecule has 1 aromatic rings. The molecule has 7 heteroatoms. The van der Waals surface area contributed by atoms with Crippen molar-refractivity contribution in [2.75, 3.05) is 6.54 Å². The number of carbonyl (C=O) groups is 3. The number of carbonyl (C=O) groups excluding carboxylic acids is 2. The first-order valence-corrected chi connectivity index (χ1v) is 9.50. The number of nitrogens with one attached hydrogen (secondary N) is 1. The van der Waals surface area contributed by atoms with E-state index >= 15 is 0 Å². The molecule has 1 aliphatic heterocycles. The van der Waals surface area contributed by atoms with E-state index in [2.05, 4.69) is 5.32 Å². The van der Waals surface area contributed by atoms with Gasteiger partial charge >= 0.3 is 5.97 Å². The number of halogens is 1. The van der Waals surface area contributed by atoms with Crippen LogP contribution < -0.4 is 5.32 Å². The zero-order chi connectivity index (χ0) is 19.4. The molecule has 0 aromatic heterocycles. The Morgan fingerprint density at radius 2 is 1.78 bits per heavy atom. The summed E-state index contributed by atoms with van der Waals surface area (Å²) in [5, 5.41) is 12.2. The maximum absolute atomic E-state index is 13.8. The van der Waals surface area contributed by atoms with Crippen molar-refractivity contribution in [2.24, 2.45) is 5.92 Å². The lowest BCUT2D eigenvalue weighted by Crippen LogP contribution is -2.55. The van der Waals surface area contributed by atoms with Gasteiger partial charge in [0.1, 0.15) is 18.3 Å². The van der Waals surface area contributed by atoms with Crippen LogP contribution in [0, 0.1) is 5.92 Å². The van der Waals surface area contributed by atoms with Crippen LogP contribution in [0.25, 0.3) is 0 Å². The minimum Gasteiger partial charge on any atom is -0.480 e. The summed E-state index contributed by atoms with van der Waals surface area (Å²) in [6.45, 7) is -0.236. The normalized spacial score (nSPS) is 24.4. The molecule has 2 unspecified atom stereocenters. The smallest absolute Gasteiger partial charge is 0.326 e. The Balaban J connectivity index is 1.81. The fourth-order valence-corrected chi connectivity index (χ4v) is 4.10. The average Bonchev–Trinajstić information content (AvgIpc) is 3.09. The van der Waals surface area contributed by atoms with E-state index in [0.29, 0.717) is 5.56 Å². The average molecular weight is 376 g/mol. The highest BCUT2D eigenvalue weighted by Gasteiger charge is 2.44. The molecule has 2 fully saturated rings. The third-order valence-electron chi connectivity index (χ3n) is 5.53. The SMILES string of the molecule is O=C(N[C@H](C(=O)N1CC(F)CC1C(=O)O)C1CCCCC1)c1ccccc1. The zero-order valence-corrected chi connectivity index (χ0v) is 15.1. The molecule has 0 bridgehead atoms. The Morgan fingerprint density at radius 1 is 1.11 bits per heavy atom. The molecule has 3 atom stereocenters. The zero-order valence-electron chi connectivity index (χ0n) is 15.1. The van der Waals surface area contributed by atoms with Crippen molar-refractivity contribution in [2.45, 2.75) is 56.8 Å². The number of likely N-dealkylation sites (tertiary alicyclic amines) is 1. The lowest BCUT2D eigenvalue weighted by molar-refractivity contribution is -0.149. The number of carboxylic acid groups (broad SMARTS) is 1. The van der Waals surface area contributed by atoms with Gasteiger partial charge in [-0.15, -0.1) is 0 Å². The van der Waals surface area contributed by atoms with E-state index in [1.54, 1.807) is 30.3 Å². The quantitative estimate of drug-likeness (QED) is 0.826. The number of hydrogen-bond donors (Lipinski definition) is 2. The summed E-state index contributed by atoms with van der Waals surface area (Å²) in [5.74, 6) is -2.13. The van der Waals surface area contributed by atoms with Crippen LogP contribution in [-0.4, -0.2) is 52.6 Å². The van der Waals surface area contributed by atoms with E-state index in [-0.39, 0.29) is 24.8 Å². The van der Waals surface area contributed by atoms with Crippen molar-refractivity contribution in [3.05, 3.63) is 35.9 Å². The second kappa shape index (κ2) is 8.50. The molecular formula is C20H25FN2O4. The number of carboxylic acids is 1. The lowest BCUT2D eigenvalue weighted by Gasteiger charge is -2.34. The second-order valence-electron chi connectivity index (χ2n) is 7.39. The minimum absolute atomic E-state index is 0.0629. The Bertz CT molecular complexity index is 690. The summed E-state index contributed by atoms with van der Waals surface area (Å²) in [6, 6.07) is 6.58. The molecule has 2 aliphatic rings. The van der Waals surface area contributed by atoms with E-state index in [4.69, 9.17) is 0 Å². The Morgan fingerprint density at radius 3 is 2.41 bits per heavy atom. The van der Waals surface area contributed by atoms with Crippen LogP contribution in [0.2, 0.25) is 0 Å². The van der Waals surface area contributed by atoms with E-state index in [1.165, 1.54) is 0 Å². The fourth-order valence-electron chi connectivity index (χ4n) is 4.10. The number of amides is 2. The maximum atomic E-state index is 13.8. The van der Waals surface area contributed by atoms with Crippen molar-refractivity contribution >= 4 is 17.8 Å². The molecule has 1 aliphatic carbocycles. The summed E-state index contributed by atoms with van der Waals surface area (Å²) in [7, 11) is 0. The van der Waals surface area contributed by atoms with Crippen molar-refractivity contribution in [3.8, 4) is 0 Å². The maximum Gasteiger partial charge on any atom is 0.326 e. The van der Waals surface area contributed by atoms with Gasteiger partial charge in [-0.1, -0.05) is 37.5 Å².